The summed E-state index contributed by atoms with van der Waals surface area (Å²) >= 11 is 0. The van der Waals surface area contributed by atoms with Crippen LogP contribution in [0.3, 0.4) is 0 Å². The van der Waals surface area contributed by atoms with Gasteiger partial charge < -0.3 is 9.64 Å². The molecule has 1 unspecified atom stereocenters. The Bertz CT molecular complexity index is 665. The number of amides is 1. The summed E-state index contributed by atoms with van der Waals surface area (Å²) < 4.78 is 5.22. The van der Waals surface area contributed by atoms with E-state index in [9.17, 15) is 4.79 Å². The second kappa shape index (κ2) is 6.22. The fourth-order valence-electron chi connectivity index (χ4n) is 2.91. The third-order valence-electron chi connectivity index (χ3n) is 4.12. The number of nitrogens with zero attached hydrogens (tertiary/aromatic N) is 2. The van der Waals surface area contributed by atoms with Crippen LogP contribution >= 0.6 is 0 Å². The lowest BCUT2D eigenvalue weighted by Gasteiger charge is -2.30. The van der Waals surface area contributed by atoms with E-state index in [2.05, 4.69) is 17.1 Å². The molecule has 1 aliphatic rings. The minimum Gasteiger partial charge on any atom is -0.497 e. The summed E-state index contributed by atoms with van der Waals surface area (Å²) in [5.74, 6) is 1.38. The summed E-state index contributed by atoms with van der Waals surface area (Å²) in [5.41, 5.74) is 2.24. The minimum absolute atomic E-state index is 0.0354. The number of aromatic amines is 1. The molecule has 3 rings (SSSR count). The van der Waals surface area contributed by atoms with Crippen molar-refractivity contribution in [1.82, 2.24) is 15.1 Å². The summed E-state index contributed by atoms with van der Waals surface area (Å²) in [4.78, 5) is 14.5. The Labute approximate surface area is 130 Å². The molecule has 5 nitrogen and oxygen atoms in total. The number of carbonyl (C=O) groups excluding carboxylic acids is 1. The zero-order valence-electron chi connectivity index (χ0n) is 13.0. The molecule has 1 amide bonds. The second-order valence-electron chi connectivity index (χ2n) is 5.90. The van der Waals surface area contributed by atoms with Crippen LogP contribution in [0.5, 0.6) is 5.75 Å². The number of rotatable bonds is 3. The molecular weight excluding hydrogens is 278 g/mol. The Hall–Kier alpha value is -2.30. The van der Waals surface area contributed by atoms with E-state index in [1.165, 1.54) is 6.42 Å². The van der Waals surface area contributed by atoms with Crippen LogP contribution in [0.25, 0.3) is 11.3 Å². The molecular formula is C17H21N3O2. The zero-order valence-corrected chi connectivity index (χ0v) is 13.0. The van der Waals surface area contributed by atoms with E-state index in [0.717, 1.165) is 36.5 Å². The lowest BCUT2D eigenvalue weighted by molar-refractivity contribution is 0.0677. The first-order chi connectivity index (χ1) is 10.7. The number of carbonyl (C=O) groups is 1. The van der Waals surface area contributed by atoms with Crippen molar-refractivity contribution in [2.24, 2.45) is 5.92 Å². The van der Waals surface area contributed by atoms with Crippen LogP contribution in [-0.2, 0) is 0 Å². The molecule has 1 atom stereocenters. The normalized spacial score (nSPS) is 18.3. The van der Waals surface area contributed by atoms with Crippen LogP contribution in [0.1, 0.15) is 30.3 Å². The molecule has 5 heteroatoms. The van der Waals surface area contributed by atoms with Crippen molar-refractivity contribution in [2.45, 2.75) is 19.8 Å². The van der Waals surface area contributed by atoms with Gasteiger partial charge in [-0.05, 0) is 37.0 Å². The van der Waals surface area contributed by atoms with Crippen molar-refractivity contribution in [1.29, 1.82) is 0 Å². The first-order valence-corrected chi connectivity index (χ1v) is 7.66. The van der Waals surface area contributed by atoms with Gasteiger partial charge in [0.2, 0.25) is 0 Å². The Kier molecular flexibility index (Phi) is 4.13. The molecule has 0 radical (unpaired) electrons. The average molecular weight is 299 g/mol. The fraction of sp³-hybridized carbons (Fsp3) is 0.412. The summed E-state index contributed by atoms with van der Waals surface area (Å²) in [5, 5.41) is 7.14. The molecule has 0 bridgehead atoms. The van der Waals surface area contributed by atoms with Crippen molar-refractivity contribution in [3.8, 4) is 17.0 Å². The monoisotopic (exact) mass is 299 g/mol. The lowest BCUT2D eigenvalue weighted by atomic mass is 10.00. The minimum atomic E-state index is 0.0354. The molecule has 2 aromatic rings. The van der Waals surface area contributed by atoms with E-state index in [1.54, 1.807) is 7.11 Å². The number of ether oxygens (including phenoxy) is 1. The van der Waals surface area contributed by atoms with Crippen LogP contribution in [0.4, 0.5) is 0 Å². The topological polar surface area (TPSA) is 58.2 Å². The van der Waals surface area contributed by atoms with Crippen LogP contribution < -0.4 is 4.74 Å². The molecule has 1 saturated heterocycles. The Balaban J connectivity index is 1.79. The van der Waals surface area contributed by atoms with Gasteiger partial charge >= 0.3 is 0 Å². The molecule has 0 spiro atoms. The van der Waals surface area contributed by atoms with E-state index < -0.39 is 0 Å². The average Bonchev–Trinajstić information content (AvgIpc) is 3.04. The lowest BCUT2D eigenvalue weighted by Crippen LogP contribution is -2.39. The Morgan fingerprint density at radius 2 is 2.27 bits per heavy atom. The summed E-state index contributed by atoms with van der Waals surface area (Å²) in [6, 6.07) is 9.48. The van der Waals surface area contributed by atoms with Crippen molar-refractivity contribution >= 4 is 5.91 Å². The second-order valence-corrected chi connectivity index (χ2v) is 5.90. The maximum atomic E-state index is 12.5. The van der Waals surface area contributed by atoms with Gasteiger partial charge in [-0.3, -0.25) is 9.89 Å². The van der Waals surface area contributed by atoms with E-state index >= 15 is 0 Å². The smallest absolute Gasteiger partial charge is 0.271 e. The molecule has 1 aromatic carbocycles. The van der Waals surface area contributed by atoms with Crippen LogP contribution in [0, 0.1) is 5.92 Å². The van der Waals surface area contributed by atoms with Crippen molar-refractivity contribution < 1.29 is 9.53 Å². The summed E-state index contributed by atoms with van der Waals surface area (Å²) in [7, 11) is 1.64. The van der Waals surface area contributed by atoms with Gasteiger partial charge in [-0.2, -0.15) is 5.10 Å². The number of hydrogen-bond acceptors (Lipinski definition) is 3. The van der Waals surface area contributed by atoms with Gasteiger partial charge in [0.15, 0.2) is 0 Å². The Morgan fingerprint density at radius 3 is 3.05 bits per heavy atom. The number of hydrogen-bond donors (Lipinski definition) is 1. The highest BCUT2D eigenvalue weighted by atomic mass is 16.5. The van der Waals surface area contributed by atoms with E-state index in [1.807, 2.05) is 35.2 Å². The maximum Gasteiger partial charge on any atom is 0.271 e. The summed E-state index contributed by atoms with van der Waals surface area (Å²) in [6.45, 7) is 3.84. The summed E-state index contributed by atoms with van der Waals surface area (Å²) in [6.07, 6.45) is 2.27. The number of H-pyrrole nitrogens is 1. The Morgan fingerprint density at radius 1 is 1.41 bits per heavy atom. The van der Waals surface area contributed by atoms with Crippen LogP contribution in [0.15, 0.2) is 30.3 Å². The van der Waals surface area contributed by atoms with Gasteiger partial charge in [0.25, 0.3) is 5.91 Å². The van der Waals surface area contributed by atoms with Gasteiger partial charge in [-0.1, -0.05) is 19.1 Å². The fourth-order valence-corrected chi connectivity index (χ4v) is 2.91. The third-order valence-corrected chi connectivity index (χ3v) is 4.12. The quantitative estimate of drug-likeness (QED) is 0.948. The molecule has 1 aromatic heterocycles. The first-order valence-electron chi connectivity index (χ1n) is 7.66. The molecule has 22 heavy (non-hydrogen) atoms. The predicted octanol–water partition coefficient (Wildman–Crippen LogP) is 2.96. The number of piperidine rings is 1. The molecule has 1 N–H and O–H groups in total. The zero-order chi connectivity index (χ0) is 15.5. The largest absolute Gasteiger partial charge is 0.497 e. The predicted molar refractivity (Wildman–Crippen MR) is 84.9 cm³/mol. The highest BCUT2D eigenvalue weighted by Gasteiger charge is 2.23. The maximum absolute atomic E-state index is 12.5. The van der Waals surface area contributed by atoms with Crippen molar-refractivity contribution in [2.75, 3.05) is 20.2 Å². The number of methoxy groups -OCH3 is 1. The third kappa shape index (κ3) is 2.98. The van der Waals surface area contributed by atoms with E-state index in [-0.39, 0.29) is 5.91 Å². The SMILES string of the molecule is COc1cccc(-c2cc(C(=O)N3CCCC(C)C3)[nH]n2)c1. The van der Waals surface area contributed by atoms with Gasteiger partial charge in [0.05, 0.1) is 12.8 Å². The highest BCUT2D eigenvalue weighted by molar-refractivity contribution is 5.93. The molecule has 116 valence electrons. The standard InChI is InChI=1S/C17H21N3O2/c1-12-5-4-8-20(11-12)17(21)16-10-15(18-19-16)13-6-3-7-14(9-13)22-2/h3,6-7,9-10,12H,4-5,8,11H2,1-2H3,(H,18,19). The van der Waals surface area contributed by atoms with E-state index in [4.69, 9.17) is 4.74 Å². The van der Waals surface area contributed by atoms with E-state index in [0.29, 0.717) is 11.6 Å². The van der Waals surface area contributed by atoms with Crippen molar-refractivity contribution in [3.63, 3.8) is 0 Å². The van der Waals surface area contributed by atoms with Gasteiger partial charge in [-0.15, -0.1) is 0 Å². The molecule has 1 aliphatic heterocycles. The number of aromatic nitrogens is 2. The van der Waals surface area contributed by atoms with Crippen molar-refractivity contribution in [3.05, 3.63) is 36.0 Å². The molecule has 1 fully saturated rings. The number of nitrogens with one attached hydrogen (secondary N) is 1. The first kappa shape index (κ1) is 14.6. The van der Waals surface area contributed by atoms with Crippen LogP contribution in [0.2, 0.25) is 0 Å². The van der Waals surface area contributed by atoms with Gasteiger partial charge in [0, 0.05) is 18.7 Å². The van der Waals surface area contributed by atoms with Gasteiger partial charge in [-0.25, -0.2) is 0 Å². The number of likely N-dealkylation sites (tertiary alicyclic amines) is 1. The highest BCUT2D eigenvalue weighted by Crippen LogP contribution is 2.24. The van der Waals surface area contributed by atoms with Crippen LogP contribution in [-0.4, -0.2) is 41.2 Å². The molecule has 0 saturated carbocycles. The number of benzene rings is 1. The molecule has 2 heterocycles. The molecule has 0 aliphatic carbocycles. The van der Waals surface area contributed by atoms with Gasteiger partial charge in [0.1, 0.15) is 11.4 Å².